The van der Waals surface area contributed by atoms with E-state index in [9.17, 15) is 13.2 Å². The Morgan fingerprint density at radius 2 is 1.75 bits per heavy atom. The maximum absolute atomic E-state index is 12.1. The fraction of sp³-hybridized carbons (Fsp3) is 0.611. The molecule has 0 atom stereocenters. The largest absolute Gasteiger partial charge is 0.326 e. The van der Waals surface area contributed by atoms with Crippen LogP contribution in [0.25, 0.3) is 0 Å². The van der Waals surface area contributed by atoms with Crippen LogP contribution in [-0.4, -0.2) is 20.4 Å². The first-order valence-corrected chi connectivity index (χ1v) is 10.3. The molecule has 1 amide bonds. The summed E-state index contributed by atoms with van der Waals surface area (Å²) in [7, 11) is -3.49. The lowest BCUT2D eigenvalue weighted by molar-refractivity contribution is -0.116. The van der Waals surface area contributed by atoms with E-state index in [-0.39, 0.29) is 16.8 Å². The Balaban J connectivity index is 1.85. The minimum atomic E-state index is -3.49. The normalized spacial score (nSPS) is 16.3. The fourth-order valence-corrected chi connectivity index (χ4v) is 4.38. The Morgan fingerprint density at radius 1 is 1.12 bits per heavy atom. The van der Waals surface area contributed by atoms with Crippen LogP contribution in [0.5, 0.6) is 0 Å². The van der Waals surface area contributed by atoms with E-state index >= 15 is 0 Å². The number of hydrogen-bond acceptors (Lipinski definition) is 3. The number of benzene rings is 1. The van der Waals surface area contributed by atoms with Gasteiger partial charge in [-0.2, -0.15) is 0 Å². The highest BCUT2D eigenvalue weighted by atomic mass is 32.2. The Bertz CT molecular complexity index is 633. The van der Waals surface area contributed by atoms with Crippen LogP contribution in [0, 0.1) is 5.92 Å². The van der Waals surface area contributed by atoms with Crippen molar-refractivity contribution in [3.05, 3.63) is 24.3 Å². The van der Waals surface area contributed by atoms with Crippen molar-refractivity contribution >= 4 is 21.6 Å². The maximum atomic E-state index is 12.1. The molecule has 2 rings (SSSR count). The third kappa shape index (κ3) is 5.91. The molecule has 1 aromatic carbocycles. The molecule has 0 bridgehead atoms. The molecule has 6 heteroatoms. The maximum Gasteiger partial charge on any atom is 0.240 e. The number of sulfonamides is 1. The zero-order valence-electron chi connectivity index (χ0n) is 14.5. The highest BCUT2D eigenvalue weighted by molar-refractivity contribution is 7.89. The number of rotatable bonds is 7. The number of amides is 1. The van der Waals surface area contributed by atoms with Crippen LogP contribution in [0.15, 0.2) is 29.2 Å². The molecule has 0 saturated heterocycles. The molecule has 0 aliphatic heterocycles. The van der Waals surface area contributed by atoms with Crippen LogP contribution >= 0.6 is 0 Å². The molecule has 2 N–H and O–H groups in total. The monoisotopic (exact) mass is 352 g/mol. The van der Waals surface area contributed by atoms with Crippen molar-refractivity contribution in [2.75, 3.05) is 5.32 Å². The highest BCUT2D eigenvalue weighted by Crippen LogP contribution is 2.27. The smallest absolute Gasteiger partial charge is 0.240 e. The molecule has 0 heterocycles. The number of hydrogen-bond donors (Lipinski definition) is 2. The summed E-state index contributed by atoms with van der Waals surface area (Å²) in [5.74, 6) is 0.676. The molecular weight excluding hydrogens is 324 g/mol. The minimum Gasteiger partial charge on any atom is -0.326 e. The van der Waals surface area contributed by atoms with Crippen LogP contribution in [0.2, 0.25) is 0 Å². The summed E-state index contributed by atoms with van der Waals surface area (Å²) in [6.07, 6.45) is 7.84. The van der Waals surface area contributed by atoms with Crippen molar-refractivity contribution in [1.82, 2.24) is 4.72 Å². The Hall–Kier alpha value is -1.40. The molecule has 24 heavy (non-hydrogen) atoms. The molecule has 134 valence electrons. The second kappa shape index (κ2) is 8.62. The molecule has 0 aromatic heterocycles. The Labute approximate surface area is 145 Å². The topological polar surface area (TPSA) is 75.3 Å². The lowest BCUT2D eigenvalue weighted by Gasteiger charge is -2.21. The van der Waals surface area contributed by atoms with E-state index in [2.05, 4.69) is 10.0 Å². The average molecular weight is 353 g/mol. The number of carbonyl (C=O) groups is 1. The van der Waals surface area contributed by atoms with Gasteiger partial charge < -0.3 is 5.32 Å². The van der Waals surface area contributed by atoms with Crippen molar-refractivity contribution in [2.45, 2.75) is 69.7 Å². The third-order valence-electron chi connectivity index (χ3n) is 4.34. The Morgan fingerprint density at radius 3 is 2.33 bits per heavy atom. The van der Waals surface area contributed by atoms with Gasteiger partial charge >= 0.3 is 0 Å². The van der Waals surface area contributed by atoms with E-state index in [0.29, 0.717) is 18.0 Å². The number of carbonyl (C=O) groups excluding carboxylic acids is 1. The predicted octanol–water partition coefficient (Wildman–Crippen LogP) is 3.67. The van der Waals surface area contributed by atoms with E-state index in [4.69, 9.17) is 0 Å². The predicted molar refractivity (Wildman–Crippen MR) is 96.3 cm³/mol. The van der Waals surface area contributed by atoms with Gasteiger partial charge in [0.1, 0.15) is 0 Å². The van der Waals surface area contributed by atoms with Crippen molar-refractivity contribution < 1.29 is 13.2 Å². The van der Waals surface area contributed by atoms with Gasteiger partial charge in [0.2, 0.25) is 15.9 Å². The molecule has 0 unspecified atom stereocenters. The second-order valence-electron chi connectivity index (χ2n) is 6.89. The second-order valence-corrected chi connectivity index (χ2v) is 8.61. The molecule has 1 saturated carbocycles. The molecule has 5 nitrogen and oxygen atoms in total. The SMILES string of the molecule is CC(C)NS(=O)(=O)c1ccc(NC(=O)CCC2CCCCC2)cc1. The van der Waals surface area contributed by atoms with E-state index in [0.717, 1.165) is 6.42 Å². The molecule has 1 aromatic rings. The van der Waals surface area contributed by atoms with Crippen molar-refractivity contribution in [2.24, 2.45) is 5.92 Å². The van der Waals surface area contributed by atoms with Crippen molar-refractivity contribution in [1.29, 1.82) is 0 Å². The quantitative estimate of drug-likeness (QED) is 0.786. The fourth-order valence-electron chi connectivity index (χ4n) is 3.13. The van der Waals surface area contributed by atoms with E-state index in [1.807, 2.05) is 0 Å². The highest BCUT2D eigenvalue weighted by Gasteiger charge is 2.16. The van der Waals surface area contributed by atoms with Crippen LogP contribution in [0.3, 0.4) is 0 Å². The number of anilines is 1. The summed E-state index contributed by atoms with van der Waals surface area (Å²) >= 11 is 0. The standard InChI is InChI=1S/C18H28N2O3S/c1-14(2)20-24(22,23)17-11-9-16(10-12-17)19-18(21)13-8-15-6-4-3-5-7-15/h9-12,14-15,20H,3-8,13H2,1-2H3,(H,19,21). The third-order valence-corrected chi connectivity index (χ3v) is 6.02. The first-order valence-electron chi connectivity index (χ1n) is 8.79. The lowest BCUT2D eigenvalue weighted by Crippen LogP contribution is -2.30. The van der Waals surface area contributed by atoms with Gasteiger partial charge in [0, 0.05) is 18.2 Å². The van der Waals surface area contributed by atoms with Crippen LogP contribution in [0.1, 0.15) is 58.8 Å². The minimum absolute atomic E-state index is 0.00325. The van der Waals surface area contributed by atoms with Gasteiger partial charge in [-0.3, -0.25) is 4.79 Å². The molecule has 1 aliphatic rings. The van der Waals surface area contributed by atoms with E-state index in [1.165, 1.54) is 44.2 Å². The van der Waals surface area contributed by atoms with Crippen LogP contribution in [-0.2, 0) is 14.8 Å². The summed E-state index contributed by atoms with van der Waals surface area (Å²) < 4.78 is 26.6. The summed E-state index contributed by atoms with van der Waals surface area (Å²) in [6.45, 7) is 3.55. The first kappa shape index (κ1) is 18.9. The molecule has 0 spiro atoms. The lowest BCUT2D eigenvalue weighted by atomic mass is 9.86. The zero-order valence-corrected chi connectivity index (χ0v) is 15.4. The van der Waals surface area contributed by atoms with Crippen molar-refractivity contribution in [3.63, 3.8) is 0 Å². The molecular formula is C18H28N2O3S. The summed E-state index contributed by atoms with van der Waals surface area (Å²) in [5, 5.41) is 2.85. The summed E-state index contributed by atoms with van der Waals surface area (Å²) in [5.41, 5.74) is 0.632. The van der Waals surface area contributed by atoms with Gasteiger partial charge in [-0.1, -0.05) is 32.1 Å². The number of nitrogens with one attached hydrogen (secondary N) is 2. The van der Waals surface area contributed by atoms with Gasteiger partial charge in [-0.25, -0.2) is 13.1 Å². The van der Waals surface area contributed by atoms with Gasteiger partial charge in [0.25, 0.3) is 0 Å². The van der Waals surface area contributed by atoms with Gasteiger partial charge in [0.05, 0.1) is 4.90 Å². The molecule has 1 fully saturated rings. The summed E-state index contributed by atoms with van der Waals surface area (Å²) in [4.78, 5) is 12.2. The van der Waals surface area contributed by atoms with Crippen molar-refractivity contribution in [3.8, 4) is 0 Å². The Kier molecular flexibility index (Phi) is 6.80. The van der Waals surface area contributed by atoms with Crippen LogP contribution < -0.4 is 10.0 Å². The van der Waals surface area contributed by atoms with Crippen LogP contribution in [0.4, 0.5) is 5.69 Å². The van der Waals surface area contributed by atoms with Gasteiger partial charge in [-0.05, 0) is 50.5 Å². The summed E-state index contributed by atoms with van der Waals surface area (Å²) in [6, 6.07) is 6.14. The molecule has 1 aliphatic carbocycles. The molecule has 0 radical (unpaired) electrons. The van der Waals surface area contributed by atoms with Gasteiger partial charge in [0.15, 0.2) is 0 Å². The zero-order chi connectivity index (χ0) is 17.6. The van der Waals surface area contributed by atoms with E-state index in [1.54, 1.807) is 26.0 Å². The average Bonchev–Trinajstić information content (AvgIpc) is 2.53. The van der Waals surface area contributed by atoms with E-state index < -0.39 is 10.0 Å². The van der Waals surface area contributed by atoms with Gasteiger partial charge in [-0.15, -0.1) is 0 Å². The first-order chi connectivity index (χ1) is 11.4.